The molecular formula is C18H22BrNOS. The van der Waals surface area contributed by atoms with Crippen molar-refractivity contribution in [2.45, 2.75) is 47.7 Å². The maximum Gasteiger partial charge on any atom is 0.230 e. The second-order valence-corrected chi connectivity index (χ2v) is 10.1. The fourth-order valence-electron chi connectivity index (χ4n) is 5.38. The zero-order chi connectivity index (χ0) is 15.4. The summed E-state index contributed by atoms with van der Waals surface area (Å²) < 4.78 is 0.232. The van der Waals surface area contributed by atoms with Crippen LogP contribution in [-0.2, 0) is 4.79 Å². The Bertz CT molecular complexity index is 603. The van der Waals surface area contributed by atoms with Crippen molar-refractivity contribution in [3.8, 4) is 0 Å². The number of nitrogens with one attached hydrogen (secondary N) is 1. The lowest BCUT2D eigenvalue weighted by atomic mass is 9.49. The van der Waals surface area contributed by atoms with Crippen LogP contribution in [-0.4, -0.2) is 16.5 Å². The second kappa shape index (κ2) is 5.27. The van der Waals surface area contributed by atoms with Gasteiger partial charge in [0.15, 0.2) is 0 Å². The van der Waals surface area contributed by atoms with Gasteiger partial charge in [-0.25, -0.2) is 0 Å². The molecule has 4 atom stereocenters. The van der Waals surface area contributed by atoms with Crippen LogP contribution in [0.4, 0.5) is 5.69 Å². The molecule has 118 valence electrons. The predicted octanol–water partition coefficient (Wildman–Crippen LogP) is 5.08. The Balaban J connectivity index is 1.57. The Kier molecular flexibility index (Phi) is 3.61. The van der Waals surface area contributed by atoms with Gasteiger partial charge in [-0.3, -0.25) is 4.79 Å². The lowest BCUT2D eigenvalue weighted by molar-refractivity contribution is -0.138. The van der Waals surface area contributed by atoms with E-state index < -0.39 is 0 Å². The van der Waals surface area contributed by atoms with E-state index in [-0.39, 0.29) is 15.6 Å². The molecule has 0 aliphatic heterocycles. The standard InChI is InChI=1S/C18H22BrNOS/c1-22-15-4-2-3-14(6-15)20-16(21)17-7-12-5-13(8-17)10-18(19,9-12)11-17/h2-4,6,12-13H,5,7-11H2,1H3,(H,20,21)/t12-,13+,17?,18?. The molecule has 1 N–H and O–H groups in total. The van der Waals surface area contributed by atoms with E-state index in [9.17, 15) is 4.79 Å². The molecule has 4 aliphatic carbocycles. The largest absolute Gasteiger partial charge is 0.326 e. The molecule has 22 heavy (non-hydrogen) atoms. The quantitative estimate of drug-likeness (QED) is 0.585. The summed E-state index contributed by atoms with van der Waals surface area (Å²) in [5, 5.41) is 3.22. The van der Waals surface area contributed by atoms with Gasteiger partial charge in [0.25, 0.3) is 0 Å². The highest BCUT2D eigenvalue weighted by Crippen LogP contribution is 2.64. The number of rotatable bonds is 3. The third kappa shape index (κ3) is 2.52. The average molecular weight is 380 g/mol. The van der Waals surface area contributed by atoms with Gasteiger partial charge >= 0.3 is 0 Å². The van der Waals surface area contributed by atoms with Gasteiger partial charge in [0.05, 0.1) is 5.41 Å². The predicted molar refractivity (Wildman–Crippen MR) is 95.6 cm³/mol. The molecule has 4 heteroatoms. The van der Waals surface area contributed by atoms with E-state index in [0.29, 0.717) is 0 Å². The molecule has 4 bridgehead atoms. The van der Waals surface area contributed by atoms with Crippen molar-refractivity contribution in [3.05, 3.63) is 24.3 Å². The first-order valence-electron chi connectivity index (χ1n) is 8.15. The summed E-state index contributed by atoms with van der Waals surface area (Å²) in [6, 6.07) is 8.18. The monoisotopic (exact) mass is 379 g/mol. The van der Waals surface area contributed by atoms with E-state index in [1.54, 1.807) is 11.8 Å². The molecule has 1 amide bonds. The van der Waals surface area contributed by atoms with E-state index >= 15 is 0 Å². The lowest BCUT2D eigenvalue weighted by Gasteiger charge is -2.59. The number of amides is 1. The number of thioether (sulfide) groups is 1. The van der Waals surface area contributed by atoms with E-state index in [2.05, 4.69) is 39.6 Å². The topological polar surface area (TPSA) is 29.1 Å². The number of alkyl halides is 1. The summed E-state index contributed by atoms with van der Waals surface area (Å²) in [5.74, 6) is 1.73. The van der Waals surface area contributed by atoms with Crippen molar-refractivity contribution in [3.63, 3.8) is 0 Å². The van der Waals surface area contributed by atoms with Crippen LogP contribution in [0.15, 0.2) is 29.2 Å². The maximum absolute atomic E-state index is 13.1. The molecule has 2 unspecified atom stereocenters. The van der Waals surface area contributed by atoms with Crippen LogP contribution in [0, 0.1) is 17.3 Å². The number of hydrogen-bond donors (Lipinski definition) is 1. The van der Waals surface area contributed by atoms with Crippen LogP contribution in [0.25, 0.3) is 0 Å². The highest BCUT2D eigenvalue weighted by Gasteiger charge is 2.59. The lowest BCUT2D eigenvalue weighted by Crippen LogP contribution is -2.57. The van der Waals surface area contributed by atoms with Crippen molar-refractivity contribution in [1.82, 2.24) is 0 Å². The van der Waals surface area contributed by atoms with Crippen LogP contribution in [0.2, 0.25) is 0 Å². The van der Waals surface area contributed by atoms with Crippen molar-refractivity contribution >= 4 is 39.3 Å². The summed E-state index contributed by atoms with van der Waals surface area (Å²) in [5.41, 5.74) is 0.805. The van der Waals surface area contributed by atoms with Crippen molar-refractivity contribution in [1.29, 1.82) is 0 Å². The molecule has 4 fully saturated rings. The van der Waals surface area contributed by atoms with Crippen LogP contribution in [0.5, 0.6) is 0 Å². The molecule has 0 heterocycles. The van der Waals surface area contributed by atoms with Crippen molar-refractivity contribution in [2.24, 2.45) is 17.3 Å². The number of carbonyl (C=O) groups is 1. The third-order valence-corrected chi connectivity index (χ3v) is 7.45. The Morgan fingerprint density at radius 2 is 2.00 bits per heavy atom. The van der Waals surface area contributed by atoms with Crippen LogP contribution in [0.1, 0.15) is 38.5 Å². The summed E-state index contributed by atoms with van der Waals surface area (Å²) >= 11 is 5.70. The average Bonchev–Trinajstić information content (AvgIpc) is 2.45. The molecule has 1 aromatic rings. The van der Waals surface area contributed by atoms with Gasteiger partial charge in [-0.15, -0.1) is 11.8 Å². The van der Waals surface area contributed by atoms with Crippen LogP contribution < -0.4 is 5.32 Å². The Morgan fingerprint density at radius 1 is 1.27 bits per heavy atom. The molecule has 0 saturated heterocycles. The van der Waals surface area contributed by atoms with E-state index in [1.165, 1.54) is 24.2 Å². The summed E-state index contributed by atoms with van der Waals surface area (Å²) in [6.07, 6.45) is 9.12. The van der Waals surface area contributed by atoms with E-state index in [1.807, 2.05) is 12.1 Å². The highest BCUT2D eigenvalue weighted by atomic mass is 79.9. The second-order valence-electron chi connectivity index (χ2n) is 7.58. The van der Waals surface area contributed by atoms with Gasteiger partial charge in [0, 0.05) is 14.9 Å². The first-order chi connectivity index (χ1) is 10.5. The fraction of sp³-hybridized carbons (Fsp3) is 0.611. The number of hydrogen-bond acceptors (Lipinski definition) is 2. The zero-order valence-electron chi connectivity index (χ0n) is 12.9. The fourth-order valence-corrected chi connectivity index (χ4v) is 7.29. The Labute approximate surface area is 144 Å². The number of benzene rings is 1. The molecular weight excluding hydrogens is 358 g/mol. The molecule has 4 aliphatic rings. The first-order valence-corrected chi connectivity index (χ1v) is 10.2. The third-order valence-electron chi connectivity index (χ3n) is 5.80. The summed E-state index contributed by atoms with van der Waals surface area (Å²) in [7, 11) is 0. The minimum Gasteiger partial charge on any atom is -0.326 e. The van der Waals surface area contributed by atoms with Crippen LogP contribution in [0.3, 0.4) is 0 Å². The van der Waals surface area contributed by atoms with Gasteiger partial charge in [-0.2, -0.15) is 0 Å². The Morgan fingerprint density at radius 3 is 2.64 bits per heavy atom. The zero-order valence-corrected chi connectivity index (χ0v) is 15.3. The molecule has 5 rings (SSSR count). The molecule has 0 spiro atoms. The number of carbonyl (C=O) groups excluding carboxylic acids is 1. The van der Waals surface area contributed by atoms with Gasteiger partial charge in [-0.1, -0.05) is 22.0 Å². The molecule has 0 radical (unpaired) electrons. The summed E-state index contributed by atoms with van der Waals surface area (Å²) in [4.78, 5) is 14.3. The van der Waals surface area contributed by atoms with Gasteiger partial charge in [0.1, 0.15) is 0 Å². The van der Waals surface area contributed by atoms with Gasteiger partial charge in [0.2, 0.25) is 5.91 Å². The minimum absolute atomic E-state index is 0.136. The van der Waals surface area contributed by atoms with Gasteiger partial charge in [-0.05, 0) is 74.8 Å². The Hall–Kier alpha value is -0.480. The van der Waals surface area contributed by atoms with Crippen LogP contribution >= 0.6 is 27.7 Å². The molecule has 1 aromatic carbocycles. The first kappa shape index (κ1) is 15.1. The smallest absolute Gasteiger partial charge is 0.230 e. The normalized spacial score (nSPS) is 39.0. The van der Waals surface area contributed by atoms with Crippen molar-refractivity contribution < 1.29 is 4.79 Å². The number of halogens is 1. The molecule has 0 aromatic heterocycles. The number of anilines is 1. The van der Waals surface area contributed by atoms with E-state index in [0.717, 1.165) is 36.8 Å². The van der Waals surface area contributed by atoms with E-state index in [4.69, 9.17) is 0 Å². The van der Waals surface area contributed by atoms with Gasteiger partial charge < -0.3 is 5.32 Å². The molecule has 2 nitrogen and oxygen atoms in total. The highest BCUT2D eigenvalue weighted by molar-refractivity contribution is 9.10. The minimum atomic E-state index is -0.136. The maximum atomic E-state index is 13.1. The molecule has 4 saturated carbocycles. The summed E-state index contributed by atoms with van der Waals surface area (Å²) in [6.45, 7) is 0. The van der Waals surface area contributed by atoms with Crippen molar-refractivity contribution in [2.75, 3.05) is 11.6 Å². The SMILES string of the molecule is CSc1cccc(NC(=O)C23C[C@@H]4C[C@@H](CC(Br)(C4)C2)C3)c1.